The third-order valence-electron chi connectivity index (χ3n) is 2.52. The fraction of sp³-hybridized carbons (Fsp3) is 0.385. The lowest BCUT2D eigenvalue weighted by atomic mass is 10.0. The van der Waals surface area contributed by atoms with Gasteiger partial charge in [0.25, 0.3) is 0 Å². The van der Waals surface area contributed by atoms with Crippen LogP contribution in [0.2, 0.25) is 5.02 Å². The topological polar surface area (TPSA) is 75.6 Å². The van der Waals surface area contributed by atoms with Gasteiger partial charge in [0.2, 0.25) is 0 Å². The normalized spacial score (nSPS) is 12.1. The fourth-order valence-electron chi connectivity index (χ4n) is 1.58. The van der Waals surface area contributed by atoms with E-state index in [1.54, 1.807) is 24.3 Å². The van der Waals surface area contributed by atoms with Crippen molar-refractivity contribution in [3.8, 4) is 0 Å². The van der Waals surface area contributed by atoms with Crippen LogP contribution in [-0.4, -0.2) is 43.2 Å². The van der Waals surface area contributed by atoms with Gasteiger partial charge >= 0.3 is 5.97 Å². The second kappa shape index (κ2) is 7.89. The highest BCUT2D eigenvalue weighted by Gasteiger charge is 2.22. The maximum Gasteiger partial charge on any atom is 0.305 e. The number of halogens is 1. The largest absolute Gasteiger partial charge is 0.481 e. The average Bonchev–Trinajstić information content (AvgIpc) is 2.37. The number of aliphatic carboxylic acids is 1. The molecule has 1 rings (SSSR count). The molecule has 0 amide bonds. The summed E-state index contributed by atoms with van der Waals surface area (Å²) in [6.07, 6.45) is -0.273. The zero-order valence-corrected chi connectivity index (χ0v) is 11.3. The summed E-state index contributed by atoms with van der Waals surface area (Å²) in [4.78, 5) is 23.0. The number of carbonyl (C=O) groups is 2. The summed E-state index contributed by atoms with van der Waals surface area (Å²) < 4.78 is 4.86. The van der Waals surface area contributed by atoms with Gasteiger partial charge in [0.15, 0.2) is 5.78 Å². The molecule has 0 radical (unpaired) electrons. The van der Waals surface area contributed by atoms with Crippen molar-refractivity contribution in [1.29, 1.82) is 0 Å². The molecule has 0 aliphatic rings. The Bertz CT molecular complexity index is 433. The number of carbonyl (C=O) groups excluding carboxylic acids is 1. The summed E-state index contributed by atoms with van der Waals surface area (Å²) in [5, 5.41) is 12.2. The predicted octanol–water partition coefficient (Wildman–Crippen LogP) is 1.60. The first kappa shape index (κ1) is 15.6. The number of carboxylic acid groups (broad SMARTS) is 1. The quantitative estimate of drug-likeness (QED) is 0.560. The molecule has 0 aliphatic heterocycles. The van der Waals surface area contributed by atoms with Crippen LogP contribution >= 0.6 is 11.6 Å². The van der Waals surface area contributed by atoms with E-state index < -0.39 is 12.0 Å². The minimum atomic E-state index is -1.03. The standard InChI is InChI=1S/C13H16ClNO4/c1-19-7-6-15-11(8-12(16)17)13(18)9-2-4-10(14)5-3-9/h2-5,11,15H,6-8H2,1H3,(H,16,17). The highest BCUT2D eigenvalue weighted by Crippen LogP contribution is 2.12. The van der Waals surface area contributed by atoms with Crippen molar-refractivity contribution >= 4 is 23.4 Å². The molecule has 0 saturated carbocycles. The van der Waals surface area contributed by atoms with Gasteiger partial charge in [-0.15, -0.1) is 0 Å². The van der Waals surface area contributed by atoms with E-state index in [0.717, 1.165) is 0 Å². The number of methoxy groups -OCH3 is 1. The Morgan fingerprint density at radius 3 is 2.53 bits per heavy atom. The summed E-state index contributed by atoms with van der Waals surface area (Å²) in [5.41, 5.74) is 0.431. The number of ether oxygens (including phenoxy) is 1. The zero-order valence-electron chi connectivity index (χ0n) is 10.6. The number of nitrogens with one attached hydrogen (secondary N) is 1. The van der Waals surface area contributed by atoms with Crippen molar-refractivity contribution in [2.45, 2.75) is 12.5 Å². The van der Waals surface area contributed by atoms with E-state index >= 15 is 0 Å². The number of hydrogen-bond donors (Lipinski definition) is 2. The van der Waals surface area contributed by atoms with Gasteiger partial charge in [-0.3, -0.25) is 9.59 Å². The van der Waals surface area contributed by atoms with Crippen LogP contribution in [-0.2, 0) is 9.53 Å². The summed E-state index contributed by atoms with van der Waals surface area (Å²) in [6.45, 7) is 0.817. The molecule has 104 valence electrons. The molecule has 0 heterocycles. The molecule has 0 saturated heterocycles. The van der Waals surface area contributed by atoms with Crippen molar-refractivity contribution in [3.63, 3.8) is 0 Å². The van der Waals surface area contributed by atoms with E-state index in [9.17, 15) is 9.59 Å². The molecule has 0 spiro atoms. The molecule has 1 unspecified atom stereocenters. The van der Waals surface area contributed by atoms with Crippen LogP contribution in [0.3, 0.4) is 0 Å². The molecule has 0 fully saturated rings. The first-order valence-electron chi connectivity index (χ1n) is 5.78. The molecule has 0 bridgehead atoms. The fourth-order valence-corrected chi connectivity index (χ4v) is 1.71. The molecule has 5 nitrogen and oxygen atoms in total. The predicted molar refractivity (Wildman–Crippen MR) is 71.7 cm³/mol. The summed E-state index contributed by atoms with van der Waals surface area (Å²) in [6, 6.07) is 5.59. The van der Waals surface area contributed by atoms with Crippen LogP contribution in [0, 0.1) is 0 Å². The highest BCUT2D eigenvalue weighted by atomic mass is 35.5. The molecule has 6 heteroatoms. The van der Waals surface area contributed by atoms with E-state index in [1.807, 2.05) is 0 Å². The third kappa shape index (κ3) is 5.38. The van der Waals surface area contributed by atoms with Gasteiger partial charge in [-0.25, -0.2) is 0 Å². The van der Waals surface area contributed by atoms with E-state index in [1.165, 1.54) is 7.11 Å². The summed E-state index contributed by atoms with van der Waals surface area (Å²) in [7, 11) is 1.54. The van der Waals surface area contributed by atoms with Crippen LogP contribution in [0.15, 0.2) is 24.3 Å². The molecule has 1 atom stereocenters. The Morgan fingerprint density at radius 2 is 2.00 bits per heavy atom. The second-order valence-corrected chi connectivity index (χ2v) is 4.40. The van der Waals surface area contributed by atoms with Crippen molar-refractivity contribution in [2.24, 2.45) is 0 Å². The number of ketones is 1. The van der Waals surface area contributed by atoms with Gasteiger partial charge in [0, 0.05) is 24.2 Å². The van der Waals surface area contributed by atoms with Crippen molar-refractivity contribution in [2.75, 3.05) is 20.3 Å². The number of rotatable bonds is 8. The Balaban J connectivity index is 2.74. The van der Waals surface area contributed by atoms with Crippen molar-refractivity contribution in [1.82, 2.24) is 5.32 Å². The zero-order chi connectivity index (χ0) is 14.3. The molecular formula is C13H16ClNO4. The molecule has 1 aromatic rings. The first-order chi connectivity index (χ1) is 9.04. The second-order valence-electron chi connectivity index (χ2n) is 3.97. The third-order valence-corrected chi connectivity index (χ3v) is 2.77. The Labute approximate surface area is 116 Å². The van der Waals surface area contributed by atoms with Crippen LogP contribution in [0.1, 0.15) is 16.8 Å². The van der Waals surface area contributed by atoms with E-state index in [-0.39, 0.29) is 12.2 Å². The average molecular weight is 286 g/mol. The Morgan fingerprint density at radius 1 is 1.37 bits per heavy atom. The van der Waals surface area contributed by atoms with Crippen LogP contribution in [0.5, 0.6) is 0 Å². The molecule has 1 aromatic carbocycles. The molecule has 0 aliphatic carbocycles. The van der Waals surface area contributed by atoms with Crippen LogP contribution in [0.25, 0.3) is 0 Å². The van der Waals surface area contributed by atoms with E-state index in [0.29, 0.717) is 23.7 Å². The molecule has 2 N–H and O–H groups in total. The number of hydrogen-bond acceptors (Lipinski definition) is 4. The van der Waals surface area contributed by atoms with Gasteiger partial charge in [-0.2, -0.15) is 0 Å². The van der Waals surface area contributed by atoms with Crippen molar-refractivity contribution in [3.05, 3.63) is 34.9 Å². The SMILES string of the molecule is COCCNC(CC(=O)O)C(=O)c1ccc(Cl)cc1. The summed E-state index contributed by atoms with van der Waals surface area (Å²) in [5.74, 6) is -1.30. The monoisotopic (exact) mass is 285 g/mol. The lowest BCUT2D eigenvalue weighted by Gasteiger charge is -2.15. The maximum absolute atomic E-state index is 12.2. The van der Waals surface area contributed by atoms with Crippen molar-refractivity contribution < 1.29 is 19.4 Å². The number of carboxylic acids is 1. The Kier molecular flexibility index (Phi) is 6.49. The molecular weight excluding hydrogens is 270 g/mol. The summed E-state index contributed by atoms with van der Waals surface area (Å²) >= 11 is 5.75. The van der Waals surface area contributed by atoms with Gasteiger partial charge in [0.1, 0.15) is 0 Å². The highest BCUT2D eigenvalue weighted by molar-refractivity contribution is 6.30. The first-order valence-corrected chi connectivity index (χ1v) is 6.16. The lowest BCUT2D eigenvalue weighted by molar-refractivity contribution is -0.137. The van der Waals surface area contributed by atoms with Gasteiger partial charge in [0.05, 0.1) is 19.1 Å². The van der Waals surface area contributed by atoms with Gasteiger partial charge in [-0.05, 0) is 24.3 Å². The molecule has 19 heavy (non-hydrogen) atoms. The minimum absolute atomic E-state index is 0.268. The number of benzene rings is 1. The smallest absolute Gasteiger partial charge is 0.305 e. The maximum atomic E-state index is 12.2. The van der Waals surface area contributed by atoms with Gasteiger partial charge in [-0.1, -0.05) is 11.6 Å². The Hall–Kier alpha value is -1.43. The van der Waals surface area contributed by atoms with Crippen LogP contribution < -0.4 is 5.32 Å². The van der Waals surface area contributed by atoms with E-state index in [2.05, 4.69) is 5.32 Å². The molecule has 0 aromatic heterocycles. The van der Waals surface area contributed by atoms with Gasteiger partial charge < -0.3 is 15.2 Å². The minimum Gasteiger partial charge on any atom is -0.481 e. The number of Topliss-reactive ketones (excluding diaryl/α,β-unsaturated/α-hetero) is 1. The van der Waals surface area contributed by atoms with Crippen LogP contribution in [0.4, 0.5) is 0 Å². The lowest BCUT2D eigenvalue weighted by Crippen LogP contribution is -2.40. The van der Waals surface area contributed by atoms with E-state index in [4.69, 9.17) is 21.4 Å².